The van der Waals surface area contributed by atoms with Crippen molar-refractivity contribution in [3.8, 4) is 0 Å². The summed E-state index contributed by atoms with van der Waals surface area (Å²) in [6, 6.07) is 0. The maximum atomic E-state index is 10.1. The molecule has 0 radical (unpaired) electrons. The van der Waals surface area contributed by atoms with Gasteiger partial charge in [-0.05, 0) is 39.9 Å². The zero-order chi connectivity index (χ0) is 24.8. The van der Waals surface area contributed by atoms with Crippen LogP contribution in [0.5, 0.6) is 0 Å². The third-order valence-corrected chi connectivity index (χ3v) is 6.44. The third kappa shape index (κ3) is 42.6. The monoisotopic (exact) mass is 491 g/mol. The van der Waals surface area contributed by atoms with Crippen LogP contribution in [0.4, 0.5) is 0 Å². The van der Waals surface area contributed by atoms with Gasteiger partial charge in [0.15, 0.2) is 0 Å². The van der Waals surface area contributed by atoms with Gasteiger partial charge in [0.05, 0.1) is 0 Å². The Kier molecular flexibility index (Phi) is 40.8. The summed E-state index contributed by atoms with van der Waals surface area (Å²) in [5.41, 5.74) is 0. The van der Waals surface area contributed by atoms with Gasteiger partial charge in [-0.2, -0.15) is 0 Å². The van der Waals surface area contributed by atoms with Crippen molar-refractivity contribution in [3.63, 3.8) is 0 Å². The van der Waals surface area contributed by atoms with E-state index in [1.54, 1.807) is 0 Å². The third-order valence-electron chi connectivity index (χ3n) is 6.44. The van der Waals surface area contributed by atoms with Crippen LogP contribution in [0.3, 0.4) is 0 Å². The van der Waals surface area contributed by atoms with E-state index in [9.17, 15) is 9.90 Å². The molecule has 0 aliphatic heterocycles. The summed E-state index contributed by atoms with van der Waals surface area (Å²) in [5.74, 6) is -0.907. The SMILES string of the molecule is CCCCCCCCCCCCCC(=O)[O-].CCCCCCCCCCCCCCN(C)C.[Na+]. The van der Waals surface area contributed by atoms with Gasteiger partial charge in [0.25, 0.3) is 0 Å². The van der Waals surface area contributed by atoms with Gasteiger partial charge < -0.3 is 14.8 Å². The zero-order valence-electron chi connectivity index (χ0n) is 24.4. The maximum Gasteiger partial charge on any atom is 1.00 e. The largest absolute Gasteiger partial charge is 1.00 e. The molecule has 0 aromatic heterocycles. The molecule has 0 aromatic carbocycles. The number of rotatable bonds is 25. The first-order valence-corrected chi connectivity index (χ1v) is 14.9. The normalized spacial score (nSPS) is 10.6. The van der Waals surface area contributed by atoms with Crippen LogP contribution in [0.1, 0.15) is 168 Å². The molecular weight excluding hydrogens is 429 g/mol. The Balaban J connectivity index is -0.000000550. The van der Waals surface area contributed by atoms with E-state index in [-0.39, 0.29) is 36.0 Å². The van der Waals surface area contributed by atoms with E-state index >= 15 is 0 Å². The van der Waals surface area contributed by atoms with Crippen molar-refractivity contribution in [1.82, 2.24) is 4.90 Å². The quantitative estimate of drug-likeness (QED) is 0.122. The molecule has 0 aliphatic rings. The molecule has 0 aliphatic carbocycles. The molecule has 0 rings (SSSR count). The Hall–Kier alpha value is 0.430. The van der Waals surface area contributed by atoms with Crippen LogP contribution in [0, 0.1) is 0 Å². The van der Waals surface area contributed by atoms with E-state index in [4.69, 9.17) is 0 Å². The molecule has 0 atom stereocenters. The van der Waals surface area contributed by atoms with E-state index in [0.29, 0.717) is 0 Å². The van der Waals surface area contributed by atoms with Crippen molar-refractivity contribution >= 4 is 5.97 Å². The average molecular weight is 492 g/mol. The molecule has 0 spiro atoms. The molecule has 0 heterocycles. The number of aliphatic carboxylic acids is 1. The number of carbonyl (C=O) groups excluding carboxylic acids is 1. The minimum Gasteiger partial charge on any atom is -0.550 e. The number of carbonyl (C=O) groups is 1. The first kappa shape index (κ1) is 39.0. The number of carboxylic acids is 1. The van der Waals surface area contributed by atoms with Gasteiger partial charge in [0.2, 0.25) is 0 Å². The Morgan fingerprint density at radius 1 is 0.500 bits per heavy atom. The van der Waals surface area contributed by atoms with Gasteiger partial charge in [-0.1, -0.05) is 149 Å². The Bertz CT molecular complexity index is 364. The summed E-state index contributed by atoms with van der Waals surface area (Å²) < 4.78 is 0. The second-order valence-electron chi connectivity index (χ2n) is 10.3. The fraction of sp³-hybridized carbons (Fsp3) is 0.967. The first-order valence-electron chi connectivity index (χ1n) is 14.9. The maximum absolute atomic E-state index is 10.1. The van der Waals surface area contributed by atoms with Crippen LogP contribution < -0.4 is 34.7 Å². The molecule has 0 N–H and O–H groups in total. The number of carboxylic acid groups (broad SMARTS) is 1. The summed E-state index contributed by atoms with van der Waals surface area (Å²) in [6.07, 6.45) is 31.4. The summed E-state index contributed by atoms with van der Waals surface area (Å²) in [5, 5.41) is 10.1. The molecular formula is C30H62NNaO2. The average Bonchev–Trinajstić information content (AvgIpc) is 2.78. The molecule has 3 nitrogen and oxygen atoms in total. The van der Waals surface area contributed by atoms with E-state index in [1.165, 1.54) is 141 Å². The molecule has 0 aromatic rings. The first-order chi connectivity index (χ1) is 16.0. The fourth-order valence-corrected chi connectivity index (χ4v) is 4.20. The number of nitrogens with zero attached hydrogens (tertiary/aromatic N) is 1. The number of hydrogen-bond acceptors (Lipinski definition) is 3. The standard InChI is InChI=1S/C16H35N.C14H28O2.Na/c1-4-5-6-7-8-9-10-11-12-13-14-15-16-17(2)3;1-2-3-4-5-6-7-8-9-10-11-12-13-14(15)16;/h4-16H2,1-3H3;2-13H2,1H3,(H,15,16);/q;;+1/p-1. The molecule has 0 unspecified atom stereocenters. The summed E-state index contributed by atoms with van der Waals surface area (Å²) >= 11 is 0. The fourth-order valence-electron chi connectivity index (χ4n) is 4.20. The van der Waals surface area contributed by atoms with E-state index < -0.39 is 5.97 Å². The summed E-state index contributed by atoms with van der Waals surface area (Å²) in [6.45, 7) is 5.79. The minimum atomic E-state index is -0.907. The van der Waals surface area contributed by atoms with Gasteiger partial charge in [-0.3, -0.25) is 0 Å². The molecule has 0 saturated carbocycles. The molecule has 0 saturated heterocycles. The van der Waals surface area contributed by atoms with Crippen molar-refractivity contribution in [1.29, 1.82) is 0 Å². The van der Waals surface area contributed by atoms with Crippen LogP contribution in [0.15, 0.2) is 0 Å². The Labute approximate surface area is 237 Å². The van der Waals surface area contributed by atoms with Crippen LogP contribution in [0.2, 0.25) is 0 Å². The topological polar surface area (TPSA) is 43.4 Å². The van der Waals surface area contributed by atoms with Crippen LogP contribution in [0.25, 0.3) is 0 Å². The molecule has 0 fully saturated rings. The van der Waals surface area contributed by atoms with Gasteiger partial charge in [-0.15, -0.1) is 0 Å². The number of hydrogen-bond donors (Lipinski definition) is 0. The smallest absolute Gasteiger partial charge is 0.550 e. The van der Waals surface area contributed by atoms with Crippen LogP contribution in [-0.2, 0) is 4.79 Å². The van der Waals surface area contributed by atoms with E-state index in [1.807, 2.05) is 0 Å². The molecule has 0 amide bonds. The molecule has 200 valence electrons. The minimum absolute atomic E-state index is 0. The van der Waals surface area contributed by atoms with Crippen molar-refractivity contribution in [3.05, 3.63) is 0 Å². The number of unbranched alkanes of at least 4 members (excludes halogenated alkanes) is 21. The van der Waals surface area contributed by atoms with Crippen molar-refractivity contribution in [2.45, 2.75) is 168 Å². The zero-order valence-corrected chi connectivity index (χ0v) is 26.4. The van der Waals surface area contributed by atoms with Gasteiger partial charge in [0.1, 0.15) is 0 Å². The van der Waals surface area contributed by atoms with E-state index in [0.717, 1.165) is 12.8 Å². The predicted octanol–water partition coefficient (Wildman–Crippen LogP) is 5.69. The molecule has 4 heteroatoms. The van der Waals surface area contributed by atoms with Gasteiger partial charge in [-0.25, -0.2) is 0 Å². The second-order valence-corrected chi connectivity index (χ2v) is 10.3. The second kappa shape index (κ2) is 35.6. The molecule has 0 bridgehead atoms. The van der Waals surface area contributed by atoms with Crippen LogP contribution >= 0.6 is 0 Å². The predicted molar refractivity (Wildman–Crippen MR) is 146 cm³/mol. The van der Waals surface area contributed by atoms with Gasteiger partial charge >= 0.3 is 29.6 Å². The van der Waals surface area contributed by atoms with E-state index in [2.05, 4.69) is 32.8 Å². The summed E-state index contributed by atoms with van der Waals surface area (Å²) in [4.78, 5) is 12.4. The molecule has 34 heavy (non-hydrogen) atoms. The van der Waals surface area contributed by atoms with Crippen molar-refractivity contribution in [2.75, 3.05) is 20.6 Å². The van der Waals surface area contributed by atoms with Crippen molar-refractivity contribution in [2.24, 2.45) is 0 Å². The summed E-state index contributed by atoms with van der Waals surface area (Å²) in [7, 11) is 4.33. The Morgan fingerprint density at radius 2 is 0.765 bits per heavy atom. The van der Waals surface area contributed by atoms with Crippen molar-refractivity contribution < 1.29 is 39.5 Å². The van der Waals surface area contributed by atoms with Gasteiger partial charge in [0, 0.05) is 5.97 Å². The Morgan fingerprint density at radius 3 is 1.03 bits per heavy atom. The van der Waals surface area contributed by atoms with Crippen LogP contribution in [-0.4, -0.2) is 31.5 Å².